The van der Waals surface area contributed by atoms with Crippen molar-refractivity contribution in [3.05, 3.63) is 34.7 Å². The molecule has 0 bridgehead atoms. The maximum Gasteiger partial charge on any atom is 0.198 e. The summed E-state index contributed by atoms with van der Waals surface area (Å²) in [5, 5.41) is 0.949. The second-order valence-corrected chi connectivity index (χ2v) is 11.2. The second-order valence-electron chi connectivity index (χ2n) is 11.2. The fourth-order valence-corrected chi connectivity index (χ4v) is 5.14. The highest BCUT2D eigenvalue weighted by Gasteiger charge is 2.45. The van der Waals surface area contributed by atoms with Crippen LogP contribution in [0.4, 0.5) is 0 Å². The highest BCUT2D eigenvalue weighted by atomic mass is 15.1. The number of aryl methyl sites for hydroxylation is 2. The predicted molar refractivity (Wildman–Crippen MR) is 120 cm³/mol. The molecular formula is C24H30N6. The molecule has 4 aromatic rings. The van der Waals surface area contributed by atoms with Gasteiger partial charge >= 0.3 is 0 Å². The zero-order valence-corrected chi connectivity index (χ0v) is 19.5. The van der Waals surface area contributed by atoms with E-state index < -0.39 is 0 Å². The summed E-state index contributed by atoms with van der Waals surface area (Å²) in [7, 11) is 0. The molecule has 0 aromatic carbocycles. The molecule has 0 spiro atoms. The number of fused-ring (bicyclic) bond motifs is 6. The lowest BCUT2D eigenvalue weighted by molar-refractivity contribution is 0.396. The third-order valence-corrected chi connectivity index (χ3v) is 6.59. The standard InChI is InChI=1S/C24H30N6/c1-12-13(2)30-19(14-10-25-21(22(3,4)5)26-15(12)14)29-18-20(30)28-17-16(27-18)23(6,7)11-24(17,8)9/h10H,11H2,1-9H3. The van der Waals surface area contributed by atoms with Gasteiger partial charge in [0.2, 0.25) is 0 Å². The predicted octanol–water partition coefficient (Wildman–Crippen LogP) is 5.09. The van der Waals surface area contributed by atoms with Crippen LogP contribution in [-0.4, -0.2) is 29.3 Å². The Bertz CT molecular complexity index is 1370. The van der Waals surface area contributed by atoms with E-state index in [0.29, 0.717) is 5.65 Å². The van der Waals surface area contributed by atoms with Gasteiger partial charge in [0.25, 0.3) is 0 Å². The van der Waals surface area contributed by atoms with Crippen LogP contribution in [0.5, 0.6) is 0 Å². The van der Waals surface area contributed by atoms with Crippen LogP contribution in [0, 0.1) is 13.8 Å². The average Bonchev–Trinajstić information content (AvgIpc) is 3.09. The first-order valence-corrected chi connectivity index (χ1v) is 10.7. The fourth-order valence-electron chi connectivity index (χ4n) is 5.14. The summed E-state index contributed by atoms with van der Waals surface area (Å²) in [6.07, 6.45) is 2.95. The number of pyridine rings is 1. The smallest absolute Gasteiger partial charge is 0.198 e. The number of imidazole rings is 1. The molecule has 0 unspecified atom stereocenters. The molecule has 0 amide bonds. The highest BCUT2D eigenvalue weighted by Crippen LogP contribution is 2.48. The second kappa shape index (κ2) is 5.54. The fraction of sp³-hybridized carbons (Fsp3) is 0.542. The number of aromatic nitrogens is 6. The van der Waals surface area contributed by atoms with Crippen molar-refractivity contribution >= 4 is 27.8 Å². The van der Waals surface area contributed by atoms with E-state index in [9.17, 15) is 0 Å². The van der Waals surface area contributed by atoms with Crippen molar-refractivity contribution in [2.75, 3.05) is 0 Å². The molecule has 4 aromatic heterocycles. The molecule has 6 nitrogen and oxygen atoms in total. The molecule has 0 aliphatic heterocycles. The molecule has 0 radical (unpaired) electrons. The molecule has 0 atom stereocenters. The third kappa shape index (κ3) is 2.45. The molecule has 30 heavy (non-hydrogen) atoms. The first-order chi connectivity index (χ1) is 13.8. The van der Waals surface area contributed by atoms with Crippen LogP contribution in [-0.2, 0) is 16.2 Å². The van der Waals surface area contributed by atoms with Crippen molar-refractivity contribution in [1.29, 1.82) is 0 Å². The molecule has 1 aliphatic carbocycles. The van der Waals surface area contributed by atoms with Crippen LogP contribution < -0.4 is 0 Å². The Morgan fingerprint density at radius 3 is 2.13 bits per heavy atom. The van der Waals surface area contributed by atoms with E-state index >= 15 is 0 Å². The van der Waals surface area contributed by atoms with Crippen LogP contribution in [0.25, 0.3) is 27.8 Å². The monoisotopic (exact) mass is 402 g/mol. The number of hydrogen-bond donors (Lipinski definition) is 0. The van der Waals surface area contributed by atoms with Crippen LogP contribution in [0.2, 0.25) is 0 Å². The van der Waals surface area contributed by atoms with Gasteiger partial charge in [0.15, 0.2) is 16.9 Å². The van der Waals surface area contributed by atoms with Crippen LogP contribution >= 0.6 is 0 Å². The maximum atomic E-state index is 5.16. The van der Waals surface area contributed by atoms with Gasteiger partial charge in [-0.05, 0) is 25.8 Å². The molecule has 156 valence electrons. The largest absolute Gasteiger partial charge is 0.279 e. The van der Waals surface area contributed by atoms with Gasteiger partial charge in [0.05, 0.1) is 22.3 Å². The van der Waals surface area contributed by atoms with Crippen molar-refractivity contribution in [2.45, 2.75) is 85.0 Å². The van der Waals surface area contributed by atoms with Crippen LogP contribution in [0.1, 0.15) is 83.4 Å². The highest BCUT2D eigenvalue weighted by molar-refractivity contribution is 5.97. The summed E-state index contributed by atoms with van der Waals surface area (Å²) in [6, 6.07) is 0. The first-order valence-electron chi connectivity index (χ1n) is 10.7. The topological polar surface area (TPSA) is 68.9 Å². The van der Waals surface area contributed by atoms with Crippen molar-refractivity contribution in [3.8, 4) is 0 Å². The van der Waals surface area contributed by atoms with E-state index in [1.165, 1.54) is 0 Å². The van der Waals surface area contributed by atoms with Gasteiger partial charge in [-0.3, -0.25) is 4.40 Å². The summed E-state index contributed by atoms with van der Waals surface area (Å²) in [5.41, 5.74) is 7.61. The third-order valence-electron chi connectivity index (χ3n) is 6.59. The summed E-state index contributed by atoms with van der Waals surface area (Å²) >= 11 is 0. The van der Waals surface area contributed by atoms with Crippen molar-refractivity contribution in [3.63, 3.8) is 0 Å². The molecule has 6 heteroatoms. The number of hydrogen-bond acceptors (Lipinski definition) is 5. The van der Waals surface area contributed by atoms with E-state index in [1.54, 1.807) is 0 Å². The summed E-state index contributed by atoms with van der Waals surface area (Å²) in [6.45, 7) is 19.7. The van der Waals surface area contributed by atoms with Crippen LogP contribution in [0.15, 0.2) is 6.20 Å². The Balaban J connectivity index is 1.91. The van der Waals surface area contributed by atoms with Crippen LogP contribution in [0.3, 0.4) is 0 Å². The quantitative estimate of drug-likeness (QED) is 0.409. The van der Waals surface area contributed by atoms with Gasteiger partial charge in [-0.2, -0.15) is 0 Å². The van der Waals surface area contributed by atoms with Crippen molar-refractivity contribution in [1.82, 2.24) is 29.3 Å². The van der Waals surface area contributed by atoms with E-state index in [2.05, 4.69) is 71.7 Å². The molecule has 0 saturated carbocycles. The van der Waals surface area contributed by atoms with Gasteiger partial charge in [-0.15, -0.1) is 0 Å². The SMILES string of the molecule is Cc1c(C)n2c3nc4c(nc3nc2c2cnc(C(C)(C)C)nc12)C(C)(C)CC4(C)C. The van der Waals surface area contributed by atoms with Gasteiger partial charge in [0, 0.05) is 28.1 Å². The van der Waals surface area contributed by atoms with Gasteiger partial charge in [-0.1, -0.05) is 48.5 Å². The summed E-state index contributed by atoms with van der Waals surface area (Å²) in [4.78, 5) is 24.7. The molecule has 1 aliphatic rings. The lowest BCUT2D eigenvalue weighted by Gasteiger charge is -2.21. The van der Waals surface area contributed by atoms with E-state index in [1.807, 2.05) is 6.20 Å². The Kier molecular flexibility index (Phi) is 3.57. The van der Waals surface area contributed by atoms with E-state index in [0.717, 1.165) is 57.1 Å². The Morgan fingerprint density at radius 1 is 0.867 bits per heavy atom. The minimum Gasteiger partial charge on any atom is -0.279 e. The van der Waals surface area contributed by atoms with Gasteiger partial charge in [-0.25, -0.2) is 24.9 Å². The maximum absolute atomic E-state index is 5.16. The Hall–Kier alpha value is -2.63. The molecule has 5 rings (SSSR count). The lowest BCUT2D eigenvalue weighted by atomic mass is 9.83. The minimum absolute atomic E-state index is 0.00526. The zero-order chi connectivity index (χ0) is 21.8. The van der Waals surface area contributed by atoms with Crippen molar-refractivity contribution in [2.24, 2.45) is 0 Å². The lowest BCUT2D eigenvalue weighted by Crippen LogP contribution is -2.18. The molecular weight excluding hydrogens is 372 g/mol. The Morgan fingerprint density at radius 2 is 1.50 bits per heavy atom. The summed E-state index contributed by atoms with van der Waals surface area (Å²) in [5.74, 6) is 0.844. The Labute approximate surface area is 177 Å². The van der Waals surface area contributed by atoms with Gasteiger partial charge in [0.1, 0.15) is 5.82 Å². The normalized spacial score (nSPS) is 17.9. The van der Waals surface area contributed by atoms with E-state index in [4.69, 9.17) is 19.9 Å². The van der Waals surface area contributed by atoms with Crippen molar-refractivity contribution < 1.29 is 0 Å². The summed E-state index contributed by atoms with van der Waals surface area (Å²) < 4.78 is 2.14. The number of nitrogens with zero attached hydrogens (tertiary/aromatic N) is 6. The molecule has 0 N–H and O–H groups in total. The zero-order valence-electron chi connectivity index (χ0n) is 19.5. The average molecular weight is 403 g/mol. The first kappa shape index (κ1) is 19.3. The van der Waals surface area contributed by atoms with E-state index in [-0.39, 0.29) is 16.2 Å². The molecule has 0 saturated heterocycles. The molecule has 4 heterocycles. The van der Waals surface area contributed by atoms with Gasteiger partial charge < -0.3 is 0 Å². The molecule has 0 fully saturated rings. The number of rotatable bonds is 0. The minimum atomic E-state index is -0.109.